The molecule has 1 aromatic heterocycles. The second kappa shape index (κ2) is 4.63. The fraction of sp³-hybridized carbons (Fsp3) is 0.286. The smallest absolute Gasteiger partial charge is 0.0947 e. The Morgan fingerprint density at radius 3 is 3.00 bits per heavy atom. The number of furan rings is 1. The van der Waals surface area contributed by atoms with Crippen LogP contribution in [0.25, 0.3) is 0 Å². The molecular weight excluding hydrogens is 212 g/mol. The zero-order chi connectivity index (χ0) is 11.5. The molecule has 0 aliphatic carbocycles. The number of benzene rings is 1. The van der Waals surface area contributed by atoms with Gasteiger partial charge in [0, 0.05) is 30.9 Å². The molecule has 0 atom stereocenters. The van der Waals surface area contributed by atoms with Gasteiger partial charge in [-0.3, -0.25) is 0 Å². The third-order valence-corrected chi connectivity index (χ3v) is 3.12. The van der Waals surface area contributed by atoms with Crippen molar-refractivity contribution in [2.45, 2.75) is 19.5 Å². The summed E-state index contributed by atoms with van der Waals surface area (Å²) in [6.07, 6.45) is 4.63. The van der Waals surface area contributed by atoms with Crippen molar-refractivity contribution in [3.05, 3.63) is 53.5 Å². The molecule has 17 heavy (non-hydrogen) atoms. The molecule has 2 heterocycles. The number of nitrogens with one attached hydrogen (secondary N) is 2. The van der Waals surface area contributed by atoms with Gasteiger partial charge in [0.05, 0.1) is 12.5 Å². The van der Waals surface area contributed by atoms with Gasteiger partial charge < -0.3 is 15.1 Å². The van der Waals surface area contributed by atoms with Gasteiger partial charge >= 0.3 is 0 Å². The van der Waals surface area contributed by atoms with Gasteiger partial charge in [0.1, 0.15) is 0 Å². The molecular formula is C14H16N2O. The molecule has 1 aromatic carbocycles. The summed E-state index contributed by atoms with van der Waals surface area (Å²) < 4.78 is 5.03. The molecule has 0 unspecified atom stereocenters. The number of rotatable bonds is 4. The topological polar surface area (TPSA) is 37.2 Å². The third kappa shape index (κ3) is 2.34. The fourth-order valence-corrected chi connectivity index (χ4v) is 2.19. The number of anilines is 1. The molecule has 88 valence electrons. The maximum atomic E-state index is 5.03. The van der Waals surface area contributed by atoms with Crippen LogP contribution < -0.4 is 10.6 Å². The first-order valence-electron chi connectivity index (χ1n) is 5.99. The van der Waals surface area contributed by atoms with Crippen molar-refractivity contribution >= 4 is 5.69 Å². The molecule has 2 aromatic rings. The molecule has 0 saturated carbocycles. The minimum atomic E-state index is 0.848. The normalized spacial score (nSPS) is 13.4. The third-order valence-electron chi connectivity index (χ3n) is 3.12. The highest BCUT2D eigenvalue weighted by molar-refractivity contribution is 5.56. The zero-order valence-electron chi connectivity index (χ0n) is 9.70. The standard InChI is InChI=1S/C14H16N2O/c1-2-13-3-5-16-14(13)7-11(1)8-15-9-12-4-6-17-10-12/h1-2,4,6-7,10,15-16H,3,5,8-9H2. The molecule has 0 bridgehead atoms. The van der Waals surface area contributed by atoms with Gasteiger partial charge in [-0.15, -0.1) is 0 Å². The molecule has 0 fully saturated rings. The largest absolute Gasteiger partial charge is 0.472 e. The van der Waals surface area contributed by atoms with Gasteiger partial charge in [-0.2, -0.15) is 0 Å². The van der Waals surface area contributed by atoms with E-state index in [2.05, 4.69) is 28.8 Å². The van der Waals surface area contributed by atoms with Crippen LogP contribution in [-0.4, -0.2) is 6.54 Å². The lowest BCUT2D eigenvalue weighted by Crippen LogP contribution is -2.12. The predicted octanol–water partition coefficient (Wildman–Crippen LogP) is 2.54. The Labute approximate surface area is 101 Å². The quantitative estimate of drug-likeness (QED) is 0.844. The first-order chi connectivity index (χ1) is 8.42. The summed E-state index contributed by atoms with van der Waals surface area (Å²) in [4.78, 5) is 0. The molecule has 0 saturated heterocycles. The lowest BCUT2D eigenvalue weighted by Gasteiger charge is -2.06. The van der Waals surface area contributed by atoms with Crippen molar-refractivity contribution in [1.82, 2.24) is 5.32 Å². The summed E-state index contributed by atoms with van der Waals surface area (Å²) in [6, 6.07) is 8.65. The summed E-state index contributed by atoms with van der Waals surface area (Å²) >= 11 is 0. The van der Waals surface area contributed by atoms with E-state index in [1.54, 1.807) is 12.5 Å². The molecule has 3 heteroatoms. The second-order valence-electron chi connectivity index (χ2n) is 4.40. The Morgan fingerprint density at radius 2 is 2.12 bits per heavy atom. The Balaban J connectivity index is 1.58. The van der Waals surface area contributed by atoms with E-state index < -0.39 is 0 Å². The summed E-state index contributed by atoms with van der Waals surface area (Å²) in [5.41, 5.74) is 5.24. The van der Waals surface area contributed by atoms with Gasteiger partial charge in [-0.05, 0) is 29.7 Å². The van der Waals surface area contributed by atoms with Crippen LogP contribution >= 0.6 is 0 Å². The van der Waals surface area contributed by atoms with Crippen LogP contribution in [0.4, 0.5) is 5.69 Å². The summed E-state index contributed by atoms with van der Waals surface area (Å²) in [7, 11) is 0. The van der Waals surface area contributed by atoms with E-state index in [9.17, 15) is 0 Å². The molecule has 2 N–H and O–H groups in total. The highest BCUT2D eigenvalue weighted by Gasteiger charge is 2.09. The molecule has 1 aliphatic heterocycles. The Kier molecular flexibility index (Phi) is 2.84. The SMILES string of the molecule is c1cc(CNCc2ccc3c(c2)NCC3)co1. The Morgan fingerprint density at radius 1 is 1.18 bits per heavy atom. The average molecular weight is 228 g/mol. The van der Waals surface area contributed by atoms with Gasteiger partial charge in [0.15, 0.2) is 0 Å². The summed E-state index contributed by atoms with van der Waals surface area (Å²) in [6.45, 7) is 2.81. The van der Waals surface area contributed by atoms with Crippen LogP contribution in [0.3, 0.4) is 0 Å². The minimum absolute atomic E-state index is 0.848. The van der Waals surface area contributed by atoms with Crippen molar-refractivity contribution in [3.63, 3.8) is 0 Å². The second-order valence-corrected chi connectivity index (χ2v) is 4.40. The van der Waals surface area contributed by atoms with Crippen LogP contribution in [0.1, 0.15) is 16.7 Å². The van der Waals surface area contributed by atoms with Crippen LogP contribution in [0, 0.1) is 0 Å². The van der Waals surface area contributed by atoms with E-state index in [1.165, 1.54) is 22.4 Å². The van der Waals surface area contributed by atoms with E-state index in [-0.39, 0.29) is 0 Å². The maximum absolute atomic E-state index is 5.03. The van der Waals surface area contributed by atoms with Crippen molar-refractivity contribution in [2.75, 3.05) is 11.9 Å². The number of hydrogen-bond acceptors (Lipinski definition) is 3. The summed E-state index contributed by atoms with van der Waals surface area (Å²) in [5, 5.41) is 6.81. The van der Waals surface area contributed by atoms with E-state index in [1.807, 2.05) is 6.07 Å². The lowest BCUT2D eigenvalue weighted by atomic mass is 10.1. The van der Waals surface area contributed by atoms with Gasteiger partial charge in [-0.1, -0.05) is 12.1 Å². The predicted molar refractivity (Wildman–Crippen MR) is 67.9 cm³/mol. The maximum Gasteiger partial charge on any atom is 0.0947 e. The molecule has 0 radical (unpaired) electrons. The van der Waals surface area contributed by atoms with Gasteiger partial charge in [0.25, 0.3) is 0 Å². The highest BCUT2D eigenvalue weighted by atomic mass is 16.3. The highest BCUT2D eigenvalue weighted by Crippen LogP contribution is 2.23. The zero-order valence-corrected chi connectivity index (χ0v) is 9.70. The van der Waals surface area contributed by atoms with Crippen LogP contribution in [0.2, 0.25) is 0 Å². The Hall–Kier alpha value is -1.74. The monoisotopic (exact) mass is 228 g/mol. The van der Waals surface area contributed by atoms with E-state index >= 15 is 0 Å². The van der Waals surface area contributed by atoms with Gasteiger partial charge in [-0.25, -0.2) is 0 Å². The van der Waals surface area contributed by atoms with Crippen LogP contribution in [0.15, 0.2) is 41.2 Å². The van der Waals surface area contributed by atoms with E-state index in [0.717, 1.165) is 26.1 Å². The summed E-state index contributed by atoms with van der Waals surface area (Å²) in [5.74, 6) is 0. The van der Waals surface area contributed by atoms with E-state index in [0.29, 0.717) is 0 Å². The lowest BCUT2D eigenvalue weighted by molar-refractivity contribution is 0.560. The number of fused-ring (bicyclic) bond motifs is 1. The average Bonchev–Trinajstić information content (AvgIpc) is 2.98. The molecule has 3 rings (SSSR count). The molecule has 1 aliphatic rings. The minimum Gasteiger partial charge on any atom is -0.472 e. The first-order valence-corrected chi connectivity index (χ1v) is 5.99. The van der Waals surface area contributed by atoms with Gasteiger partial charge in [0.2, 0.25) is 0 Å². The van der Waals surface area contributed by atoms with Crippen LogP contribution in [0.5, 0.6) is 0 Å². The molecule has 0 spiro atoms. The number of hydrogen-bond donors (Lipinski definition) is 2. The molecule has 3 nitrogen and oxygen atoms in total. The fourth-order valence-electron chi connectivity index (χ4n) is 2.19. The Bertz CT molecular complexity index is 491. The van der Waals surface area contributed by atoms with Crippen molar-refractivity contribution < 1.29 is 4.42 Å². The van der Waals surface area contributed by atoms with Crippen molar-refractivity contribution in [1.29, 1.82) is 0 Å². The van der Waals surface area contributed by atoms with E-state index in [4.69, 9.17) is 4.42 Å². The van der Waals surface area contributed by atoms with Crippen LogP contribution in [-0.2, 0) is 19.5 Å². The van der Waals surface area contributed by atoms with Crippen molar-refractivity contribution in [3.8, 4) is 0 Å². The molecule has 0 amide bonds. The first kappa shape index (κ1) is 10.4. The van der Waals surface area contributed by atoms with Crippen molar-refractivity contribution in [2.24, 2.45) is 0 Å².